The fourth-order valence-electron chi connectivity index (χ4n) is 2.47. The predicted molar refractivity (Wildman–Crippen MR) is 84.6 cm³/mol. The van der Waals surface area contributed by atoms with Gasteiger partial charge in [-0.1, -0.05) is 0 Å². The van der Waals surface area contributed by atoms with E-state index in [0.717, 1.165) is 6.42 Å². The van der Waals surface area contributed by atoms with Gasteiger partial charge in [-0.15, -0.1) is 0 Å². The Labute approximate surface area is 139 Å². The second-order valence-electron chi connectivity index (χ2n) is 5.51. The first-order valence-corrected chi connectivity index (χ1v) is 7.71. The van der Waals surface area contributed by atoms with Gasteiger partial charge < -0.3 is 24.4 Å². The number of rotatable bonds is 6. The van der Waals surface area contributed by atoms with E-state index in [1.807, 2.05) is 0 Å². The zero-order valence-corrected chi connectivity index (χ0v) is 13.8. The van der Waals surface area contributed by atoms with E-state index in [0.29, 0.717) is 37.6 Å². The smallest absolute Gasteiger partial charge is 0.387 e. The number of methoxy groups -OCH3 is 1. The number of halogens is 2. The summed E-state index contributed by atoms with van der Waals surface area (Å²) in [5.41, 5.74) is 1.20. The van der Waals surface area contributed by atoms with Gasteiger partial charge in [0.1, 0.15) is 5.75 Å². The van der Waals surface area contributed by atoms with Crippen LogP contribution >= 0.6 is 0 Å². The Morgan fingerprint density at radius 3 is 2.96 bits per heavy atom. The van der Waals surface area contributed by atoms with Crippen LogP contribution in [0.5, 0.6) is 5.75 Å². The van der Waals surface area contributed by atoms with Gasteiger partial charge >= 0.3 is 12.6 Å². The number of morpholine rings is 1. The summed E-state index contributed by atoms with van der Waals surface area (Å²) in [6.07, 6.45) is 0.672. The first-order valence-electron chi connectivity index (χ1n) is 7.71. The molecule has 134 valence electrons. The molecule has 1 aliphatic rings. The van der Waals surface area contributed by atoms with Crippen molar-refractivity contribution in [2.45, 2.75) is 26.1 Å². The highest BCUT2D eigenvalue weighted by Gasteiger charge is 2.24. The molecule has 1 aromatic carbocycles. The number of hydrogen-bond donors (Lipinski definition) is 1. The molecule has 1 fully saturated rings. The van der Waals surface area contributed by atoms with E-state index >= 15 is 0 Å². The lowest BCUT2D eigenvalue weighted by atomic mass is 10.2. The maximum absolute atomic E-state index is 12.4. The van der Waals surface area contributed by atoms with Crippen molar-refractivity contribution in [1.29, 1.82) is 0 Å². The molecule has 1 aliphatic heterocycles. The minimum atomic E-state index is -2.87. The van der Waals surface area contributed by atoms with E-state index in [2.05, 4.69) is 10.1 Å². The number of nitrogens with one attached hydrogen (secondary N) is 1. The van der Waals surface area contributed by atoms with Crippen LogP contribution in [0.1, 0.15) is 12.0 Å². The highest BCUT2D eigenvalue weighted by molar-refractivity contribution is 5.90. The van der Waals surface area contributed by atoms with Crippen molar-refractivity contribution in [2.24, 2.45) is 0 Å². The summed E-state index contributed by atoms with van der Waals surface area (Å²) >= 11 is 0. The second-order valence-corrected chi connectivity index (χ2v) is 5.51. The summed E-state index contributed by atoms with van der Waals surface area (Å²) in [5, 5.41) is 2.79. The number of anilines is 1. The number of benzene rings is 1. The van der Waals surface area contributed by atoms with Gasteiger partial charge in [-0.25, -0.2) is 4.79 Å². The molecule has 0 spiro atoms. The van der Waals surface area contributed by atoms with Crippen molar-refractivity contribution in [2.75, 3.05) is 38.7 Å². The monoisotopic (exact) mass is 344 g/mol. The summed E-state index contributed by atoms with van der Waals surface area (Å²) in [6, 6.07) is 4.16. The Morgan fingerprint density at radius 2 is 2.29 bits per heavy atom. The van der Waals surface area contributed by atoms with Crippen LogP contribution in [0.2, 0.25) is 0 Å². The molecule has 1 N–H and O–H groups in total. The molecule has 1 heterocycles. The molecule has 0 aromatic heterocycles. The fraction of sp³-hybridized carbons (Fsp3) is 0.562. The number of carbonyl (C=O) groups excluding carboxylic acids is 1. The lowest BCUT2D eigenvalue weighted by molar-refractivity contribution is -0.0498. The van der Waals surface area contributed by atoms with E-state index in [-0.39, 0.29) is 17.9 Å². The largest absolute Gasteiger partial charge is 0.435 e. The van der Waals surface area contributed by atoms with E-state index in [4.69, 9.17) is 9.47 Å². The molecule has 0 bridgehead atoms. The van der Waals surface area contributed by atoms with Crippen molar-refractivity contribution in [3.63, 3.8) is 0 Å². The molecule has 6 nitrogen and oxygen atoms in total. The maximum Gasteiger partial charge on any atom is 0.387 e. The standard InChI is InChI=1S/C16H22F2N2O4/c1-11-9-12(24-15(17)18)3-4-14(11)19-16(21)20-6-8-23-13(10-20)5-7-22-2/h3-4,9,13,15H,5-8,10H2,1-2H3,(H,19,21). The third-order valence-corrected chi connectivity index (χ3v) is 3.73. The molecule has 1 saturated heterocycles. The summed E-state index contributed by atoms with van der Waals surface area (Å²) in [4.78, 5) is 14.1. The average molecular weight is 344 g/mol. The molecule has 2 rings (SSSR count). The van der Waals surface area contributed by atoms with E-state index in [9.17, 15) is 13.6 Å². The molecule has 0 aliphatic carbocycles. The van der Waals surface area contributed by atoms with E-state index in [1.165, 1.54) is 12.1 Å². The Morgan fingerprint density at radius 1 is 1.50 bits per heavy atom. The first kappa shape index (κ1) is 18.4. The summed E-state index contributed by atoms with van der Waals surface area (Å²) in [7, 11) is 1.62. The van der Waals surface area contributed by atoms with Crippen LogP contribution in [0.25, 0.3) is 0 Å². The Hall–Kier alpha value is -1.93. The third kappa shape index (κ3) is 5.31. The topological polar surface area (TPSA) is 60.0 Å². The zero-order valence-electron chi connectivity index (χ0n) is 13.8. The van der Waals surface area contributed by atoms with Crippen molar-refractivity contribution in [3.8, 4) is 5.75 Å². The minimum absolute atomic E-state index is 0.0487. The maximum atomic E-state index is 12.4. The molecule has 8 heteroatoms. The van der Waals surface area contributed by atoms with E-state index < -0.39 is 6.61 Å². The average Bonchev–Trinajstić information content (AvgIpc) is 2.55. The molecule has 0 radical (unpaired) electrons. The molecule has 2 amide bonds. The molecule has 24 heavy (non-hydrogen) atoms. The number of urea groups is 1. The van der Waals surface area contributed by atoms with Crippen LogP contribution in [0, 0.1) is 6.92 Å². The van der Waals surface area contributed by atoms with Crippen LogP contribution in [0.4, 0.5) is 19.3 Å². The summed E-state index contributed by atoms with van der Waals surface area (Å²) in [6.45, 7) is 0.880. The molecular weight excluding hydrogens is 322 g/mol. The molecule has 0 saturated carbocycles. The molecule has 1 aromatic rings. The predicted octanol–water partition coefficient (Wildman–Crippen LogP) is 2.87. The zero-order chi connectivity index (χ0) is 17.5. The van der Waals surface area contributed by atoms with Gasteiger partial charge in [-0.05, 0) is 37.1 Å². The highest BCUT2D eigenvalue weighted by Crippen LogP contribution is 2.23. The number of nitrogens with zero attached hydrogens (tertiary/aromatic N) is 1. The lowest BCUT2D eigenvalue weighted by Gasteiger charge is -2.33. The van der Waals surface area contributed by atoms with Gasteiger partial charge in [0.15, 0.2) is 0 Å². The first-order chi connectivity index (χ1) is 11.5. The number of amides is 2. The Bertz CT molecular complexity index is 557. The Kier molecular flexibility index (Phi) is 6.74. The van der Waals surface area contributed by atoms with Gasteiger partial charge in [-0.2, -0.15) is 8.78 Å². The SMILES string of the molecule is COCCC1CN(C(=O)Nc2ccc(OC(F)F)cc2C)CCO1. The van der Waals surface area contributed by atoms with E-state index in [1.54, 1.807) is 25.0 Å². The molecular formula is C16H22F2N2O4. The van der Waals surface area contributed by atoms with Crippen molar-refractivity contribution < 1.29 is 27.8 Å². The number of aryl methyl sites for hydroxylation is 1. The Balaban J connectivity index is 1.93. The fourth-order valence-corrected chi connectivity index (χ4v) is 2.47. The van der Waals surface area contributed by atoms with Gasteiger partial charge in [0.2, 0.25) is 0 Å². The van der Waals surface area contributed by atoms with Crippen molar-refractivity contribution in [1.82, 2.24) is 4.90 Å². The van der Waals surface area contributed by atoms with Gasteiger partial charge in [0.05, 0.1) is 12.7 Å². The quantitative estimate of drug-likeness (QED) is 0.862. The lowest BCUT2D eigenvalue weighted by Crippen LogP contribution is -2.47. The number of hydrogen-bond acceptors (Lipinski definition) is 4. The van der Waals surface area contributed by atoms with Crippen LogP contribution in [0.3, 0.4) is 0 Å². The van der Waals surface area contributed by atoms with Crippen LogP contribution in [-0.2, 0) is 9.47 Å². The highest BCUT2D eigenvalue weighted by atomic mass is 19.3. The third-order valence-electron chi connectivity index (χ3n) is 3.73. The summed E-state index contributed by atoms with van der Waals surface area (Å²) in [5.74, 6) is 0.0616. The number of carbonyl (C=O) groups is 1. The van der Waals surface area contributed by atoms with Crippen molar-refractivity contribution >= 4 is 11.7 Å². The number of ether oxygens (including phenoxy) is 3. The summed E-state index contributed by atoms with van der Waals surface area (Å²) < 4.78 is 39.4. The van der Waals surface area contributed by atoms with Crippen LogP contribution in [0.15, 0.2) is 18.2 Å². The van der Waals surface area contributed by atoms with Crippen LogP contribution < -0.4 is 10.1 Å². The molecule has 1 unspecified atom stereocenters. The normalized spacial score (nSPS) is 17.9. The number of alkyl halides is 2. The van der Waals surface area contributed by atoms with Gasteiger partial charge in [-0.3, -0.25) is 0 Å². The molecule has 1 atom stereocenters. The van der Waals surface area contributed by atoms with Crippen molar-refractivity contribution in [3.05, 3.63) is 23.8 Å². The van der Waals surface area contributed by atoms with Gasteiger partial charge in [0, 0.05) is 32.5 Å². The second kappa shape index (κ2) is 8.79. The van der Waals surface area contributed by atoms with Crippen LogP contribution in [-0.4, -0.2) is 57.1 Å². The van der Waals surface area contributed by atoms with Gasteiger partial charge in [0.25, 0.3) is 0 Å². The minimum Gasteiger partial charge on any atom is -0.435 e.